The summed E-state index contributed by atoms with van der Waals surface area (Å²) in [5, 5.41) is 7.49. The number of hydrogen-bond donors (Lipinski definition) is 1. The lowest BCUT2D eigenvalue weighted by Crippen LogP contribution is -2.40. The van der Waals surface area contributed by atoms with E-state index >= 15 is 0 Å². The van der Waals surface area contributed by atoms with Gasteiger partial charge in [0.25, 0.3) is 0 Å². The molecule has 138 valence electrons. The number of nitrogens with one attached hydrogen (secondary N) is 1. The van der Waals surface area contributed by atoms with Crippen LogP contribution in [0.2, 0.25) is 0 Å². The molecule has 1 aromatic carbocycles. The van der Waals surface area contributed by atoms with Crippen LogP contribution in [0.3, 0.4) is 0 Å². The molecule has 0 saturated heterocycles. The molecule has 0 aliphatic rings. The lowest BCUT2D eigenvalue weighted by molar-refractivity contribution is 0.391. The number of guanidine groups is 1. The van der Waals surface area contributed by atoms with E-state index in [1.165, 1.54) is 16.7 Å². The van der Waals surface area contributed by atoms with Crippen molar-refractivity contribution in [2.75, 3.05) is 20.6 Å². The second kappa shape index (κ2) is 9.79. The Morgan fingerprint density at radius 3 is 2.40 bits per heavy atom. The molecule has 0 aliphatic heterocycles. The van der Waals surface area contributed by atoms with Gasteiger partial charge in [0.05, 0.1) is 5.69 Å². The first-order valence-corrected chi connectivity index (χ1v) is 8.32. The van der Waals surface area contributed by atoms with Crippen LogP contribution in [0.4, 0.5) is 0 Å². The van der Waals surface area contributed by atoms with Crippen molar-refractivity contribution in [2.45, 2.75) is 40.2 Å². The third kappa shape index (κ3) is 5.73. The summed E-state index contributed by atoms with van der Waals surface area (Å²) in [5.74, 6) is 2.08. The largest absolute Gasteiger partial charge is 0.361 e. The highest BCUT2D eigenvalue weighted by Crippen LogP contribution is 2.22. The Morgan fingerprint density at radius 2 is 1.88 bits per heavy atom. The molecular formula is C19H29IN4O. The van der Waals surface area contributed by atoms with Crippen LogP contribution in [-0.2, 0) is 6.54 Å². The second-order valence-corrected chi connectivity index (χ2v) is 6.41. The molecule has 2 rings (SSSR count). The number of aromatic nitrogens is 1. The average molecular weight is 456 g/mol. The molecule has 0 saturated carbocycles. The van der Waals surface area contributed by atoms with Crippen LogP contribution in [0, 0.1) is 20.8 Å². The van der Waals surface area contributed by atoms with Crippen LogP contribution in [0.15, 0.2) is 33.8 Å². The number of aliphatic imine (C=N–C) groups is 1. The highest BCUT2D eigenvalue weighted by atomic mass is 127. The third-order valence-corrected chi connectivity index (χ3v) is 4.26. The minimum absolute atomic E-state index is 0. The van der Waals surface area contributed by atoms with Gasteiger partial charge in [0, 0.05) is 38.7 Å². The van der Waals surface area contributed by atoms with E-state index in [1.807, 2.05) is 20.9 Å². The Bertz CT molecular complexity index is 674. The van der Waals surface area contributed by atoms with Gasteiger partial charge in [0.2, 0.25) is 0 Å². The minimum atomic E-state index is 0. The summed E-state index contributed by atoms with van der Waals surface area (Å²) in [4.78, 5) is 6.52. The minimum Gasteiger partial charge on any atom is -0.361 e. The zero-order chi connectivity index (χ0) is 17.7. The Hall–Kier alpha value is -1.57. The summed E-state index contributed by atoms with van der Waals surface area (Å²) in [5.41, 5.74) is 4.69. The standard InChI is InChI=1S/C19H28N4O.HI/c1-13-7-9-17(10-8-13)12-23(6)19(20-5)21-11-14(2)18-15(3)22-24-16(18)4;/h7-10,14H,11-12H2,1-6H3,(H,20,21);1H. The number of halogens is 1. The Kier molecular flexibility index (Phi) is 8.41. The molecule has 1 N–H and O–H groups in total. The maximum atomic E-state index is 5.27. The number of aryl methyl sites for hydroxylation is 3. The molecule has 1 unspecified atom stereocenters. The predicted molar refractivity (Wildman–Crippen MR) is 114 cm³/mol. The van der Waals surface area contributed by atoms with Gasteiger partial charge in [-0.2, -0.15) is 0 Å². The van der Waals surface area contributed by atoms with E-state index in [0.717, 1.165) is 30.5 Å². The van der Waals surface area contributed by atoms with E-state index in [-0.39, 0.29) is 24.0 Å². The van der Waals surface area contributed by atoms with Gasteiger partial charge in [-0.05, 0) is 26.3 Å². The highest BCUT2D eigenvalue weighted by Gasteiger charge is 2.17. The molecular weight excluding hydrogens is 427 g/mol. The first-order valence-electron chi connectivity index (χ1n) is 8.32. The van der Waals surface area contributed by atoms with E-state index in [0.29, 0.717) is 5.92 Å². The smallest absolute Gasteiger partial charge is 0.193 e. The van der Waals surface area contributed by atoms with Crippen molar-refractivity contribution >= 4 is 29.9 Å². The molecule has 0 spiro atoms. The van der Waals surface area contributed by atoms with Crippen molar-refractivity contribution in [1.82, 2.24) is 15.4 Å². The molecule has 2 aromatic rings. The maximum absolute atomic E-state index is 5.27. The number of nitrogens with zero attached hydrogens (tertiary/aromatic N) is 3. The lowest BCUT2D eigenvalue weighted by Gasteiger charge is -2.23. The molecule has 1 atom stereocenters. The SMILES string of the molecule is CN=C(NCC(C)c1c(C)noc1C)N(C)Cc1ccc(C)cc1.I. The van der Waals surface area contributed by atoms with E-state index < -0.39 is 0 Å². The van der Waals surface area contributed by atoms with E-state index in [2.05, 4.69) is 65.5 Å². The Morgan fingerprint density at radius 1 is 1.24 bits per heavy atom. The maximum Gasteiger partial charge on any atom is 0.193 e. The predicted octanol–water partition coefficient (Wildman–Crippen LogP) is 4.03. The van der Waals surface area contributed by atoms with Gasteiger partial charge in [0.1, 0.15) is 5.76 Å². The van der Waals surface area contributed by atoms with E-state index in [9.17, 15) is 0 Å². The average Bonchev–Trinajstić information content (AvgIpc) is 2.89. The van der Waals surface area contributed by atoms with Crippen molar-refractivity contribution in [3.05, 3.63) is 52.4 Å². The van der Waals surface area contributed by atoms with Crippen molar-refractivity contribution in [3.63, 3.8) is 0 Å². The third-order valence-electron chi connectivity index (χ3n) is 4.26. The molecule has 0 bridgehead atoms. The normalized spacial score (nSPS) is 12.5. The van der Waals surface area contributed by atoms with Crippen molar-refractivity contribution in [1.29, 1.82) is 0 Å². The van der Waals surface area contributed by atoms with Gasteiger partial charge in [0.15, 0.2) is 5.96 Å². The molecule has 0 aliphatic carbocycles. The van der Waals surface area contributed by atoms with Crippen LogP contribution >= 0.6 is 24.0 Å². The monoisotopic (exact) mass is 456 g/mol. The van der Waals surface area contributed by atoms with Crippen LogP contribution in [0.25, 0.3) is 0 Å². The first-order chi connectivity index (χ1) is 11.4. The molecule has 0 fully saturated rings. The van der Waals surface area contributed by atoms with Crippen LogP contribution in [-0.4, -0.2) is 36.7 Å². The summed E-state index contributed by atoms with van der Waals surface area (Å²) in [6.45, 7) is 9.83. The van der Waals surface area contributed by atoms with E-state index in [1.54, 1.807) is 0 Å². The van der Waals surface area contributed by atoms with Crippen LogP contribution < -0.4 is 5.32 Å². The van der Waals surface area contributed by atoms with Crippen LogP contribution in [0.5, 0.6) is 0 Å². The highest BCUT2D eigenvalue weighted by molar-refractivity contribution is 14.0. The summed E-state index contributed by atoms with van der Waals surface area (Å²) in [6.07, 6.45) is 0. The molecule has 1 aromatic heterocycles. The fraction of sp³-hybridized carbons (Fsp3) is 0.474. The van der Waals surface area contributed by atoms with E-state index in [4.69, 9.17) is 4.52 Å². The first kappa shape index (κ1) is 21.5. The van der Waals surface area contributed by atoms with Crippen molar-refractivity contribution in [2.24, 2.45) is 4.99 Å². The van der Waals surface area contributed by atoms with Gasteiger partial charge in [-0.1, -0.05) is 41.9 Å². The molecule has 1 heterocycles. The van der Waals surface area contributed by atoms with Gasteiger partial charge < -0.3 is 14.7 Å². The summed E-state index contributed by atoms with van der Waals surface area (Å²) in [6, 6.07) is 8.59. The zero-order valence-corrected chi connectivity index (χ0v) is 18.3. The number of rotatable bonds is 5. The zero-order valence-electron chi connectivity index (χ0n) is 16.0. The summed E-state index contributed by atoms with van der Waals surface area (Å²) >= 11 is 0. The molecule has 6 heteroatoms. The van der Waals surface area contributed by atoms with Gasteiger partial charge in [-0.3, -0.25) is 4.99 Å². The Balaban J connectivity index is 0.00000312. The van der Waals surface area contributed by atoms with Gasteiger partial charge in [-0.25, -0.2) is 0 Å². The summed E-state index contributed by atoms with van der Waals surface area (Å²) < 4.78 is 5.27. The summed E-state index contributed by atoms with van der Waals surface area (Å²) in [7, 11) is 3.87. The molecule has 0 amide bonds. The van der Waals surface area contributed by atoms with Crippen LogP contribution in [0.1, 0.15) is 41.0 Å². The molecule has 0 radical (unpaired) electrons. The topological polar surface area (TPSA) is 53.7 Å². The fourth-order valence-corrected chi connectivity index (χ4v) is 2.97. The quantitative estimate of drug-likeness (QED) is 0.420. The van der Waals surface area contributed by atoms with Gasteiger partial charge in [-0.15, -0.1) is 24.0 Å². The number of benzene rings is 1. The van der Waals surface area contributed by atoms with Crippen molar-refractivity contribution < 1.29 is 4.52 Å². The lowest BCUT2D eigenvalue weighted by atomic mass is 10.00. The molecule has 5 nitrogen and oxygen atoms in total. The fourth-order valence-electron chi connectivity index (χ4n) is 2.97. The molecule has 25 heavy (non-hydrogen) atoms. The van der Waals surface area contributed by atoms with Gasteiger partial charge >= 0.3 is 0 Å². The Labute approximate surface area is 167 Å². The number of hydrogen-bond acceptors (Lipinski definition) is 3. The second-order valence-electron chi connectivity index (χ2n) is 6.41. The van der Waals surface area contributed by atoms with Crippen molar-refractivity contribution in [3.8, 4) is 0 Å².